The lowest BCUT2D eigenvalue weighted by molar-refractivity contribution is 0.101. The Balaban J connectivity index is 2.49. The number of aryl methyl sites for hydroxylation is 1. The molecule has 0 saturated carbocycles. The van der Waals surface area contributed by atoms with Crippen LogP contribution in [0.4, 0.5) is 0 Å². The molecule has 0 saturated heterocycles. The minimum absolute atomic E-state index is 0.106. The monoisotopic (exact) mass is 213 g/mol. The van der Waals surface area contributed by atoms with Crippen LogP contribution >= 0.6 is 0 Å². The van der Waals surface area contributed by atoms with Crippen LogP contribution < -0.4 is 5.32 Å². The van der Waals surface area contributed by atoms with Gasteiger partial charge in [-0.25, -0.2) is 0 Å². The molecule has 0 amide bonds. The lowest BCUT2D eigenvalue weighted by Gasteiger charge is -2.25. The van der Waals surface area contributed by atoms with Crippen LogP contribution in [-0.2, 0) is 13.0 Å². The van der Waals surface area contributed by atoms with Crippen molar-refractivity contribution in [3.05, 3.63) is 23.7 Å². The van der Waals surface area contributed by atoms with Gasteiger partial charge in [-0.15, -0.1) is 0 Å². The van der Waals surface area contributed by atoms with Gasteiger partial charge < -0.3 is 19.9 Å². The fraction of sp³-hybridized carbons (Fsp3) is 0.636. The van der Waals surface area contributed by atoms with E-state index in [1.165, 1.54) is 0 Å². The van der Waals surface area contributed by atoms with E-state index in [4.69, 9.17) is 14.6 Å². The van der Waals surface area contributed by atoms with Gasteiger partial charge >= 0.3 is 0 Å². The normalized spacial score (nSPS) is 12.0. The Morgan fingerprint density at radius 3 is 2.33 bits per heavy atom. The van der Waals surface area contributed by atoms with E-state index in [2.05, 4.69) is 5.32 Å². The molecule has 0 aromatic carbocycles. The van der Waals surface area contributed by atoms with Crippen LogP contribution in [0.3, 0.4) is 0 Å². The van der Waals surface area contributed by atoms with Gasteiger partial charge in [-0.2, -0.15) is 0 Å². The molecule has 0 aliphatic rings. The standard InChI is InChI=1S/C11H19NO3/c1-3-9-4-5-10(15-9)6-12-11(2,7-13)8-14/h4-5,12-14H,3,6-8H2,1-2H3. The molecule has 3 N–H and O–H groups in total. The van der Waals surface area contributed by atoms with Crippen molar-refractivity contribution in [3.63, 3.8) is 0 Å². The van der Waals surface area contributed by atoms with Crippen LogP contribution in [0.1, 0.15) is 25.4 Å². The zero-order chi connectivity index (χ0) is 11.3. The van der Waals surface area contributed by atoms with Gasteiger partial charge in [-0.1, -0.05) is 6.92 Å². The first-order valence-electron chi connectivity index (χ1n) is 5.18. The second kappa shape index (κ2) is 5.30. The summed E-state index contributed by atoms with van der Waals surface area (Å²) in [6.45, 7) is 4.09. The lowest BCUT2D eigenvalue weighted by Crippen LogP contribution is -2.48. The summed E-state index contributed by atoms with van der Waals surface area (Å²) in [5, 5.41) is 21.2. The quantitative estimate of drug-likeness (QED) is 0.650. The Bertz CT molecular complexity index is 292. The largest absolute Gasteiger partial charge is 0.465 e. The van der Waals surface area contributed by atoms with E-state index < -0.39 is 5.54 Å². The molecule has 0 atom stereocenters. The smallest absolute Gasteiger partial charge is 0.117 e. The lowest BCUT2D eigenvalue weighted by atomic mass is 10.1. The molecule has 0 aliphatic heterocycles. The van der Waals surface area contributed by atoms with E-state index >= 15 is 0 Å². The van der Waals surface area contributed by atoms with Gasteiger partial charge in [-0.05, 0) is 19.1 Å². The van der Waals surface area contributed by atoms with Crippen molar-refractivity contribution in [1.82, 2.24) is 5.32 Å². The van der Waals surface area contributed by atoms with Crippen molar-refractivity contribution >= 4 is 0 Å². The predicted molar refractivity (Wildman–Crippen MR) is 57.5 cm³/mol. The maximum Gasteiger partial charge on any atom is 0.117 e. The highest BCUT2D eigenvalue weighted by Crippen LogP contribution is 2.10. The van der Waals surface area contributed by atoms with Crippen LogP contribution in [0.25, 0.3) is 0 Å². The van der Waals surface area contributed by atoms with Crippen LogP contribution in [0.2, 0.25) is 0 Å². The molecular formula is C11H19NO3. The summed E-state index contributed by atoms with van der Waals surface area (Å²) in [6.07, 6.45) is 0.872. The third-order valence-corrected chi connectivity index (χ3v) is 2.45. The molecule has 0 bridgehead atoms. The third-order valence-electron chi connectivity index (χ3n) is 2.45. The Hall–Kier alpha value is -0.840. The van der Waals surface area contributed by atoms with E-state index in [0.717, 1.165) is 17.9 Å². The fourth-order valence-electron chi connectivity index (χ4n) is 1.17. The minimum Gasteiger partial charge on any atom is -0.465 e. The summed E-state index contributed by atoms with van der Waals surface area (Å²) in [6, 6.07) is 3.84. The van der Waals surface area contributed by atoms with Crippen LogP contribution in [0.5, 0.6) is 0 Å². The number of rotatable bonds is 6. The summed E-state index contributed by atoms with van der Waals surface area (Å²) >= 11 is 0. The highest BCUT2D eigenvalue weighted by atomic mass is 16.3. The first kappa shape index (κ1) is 12.2. The van der Waals surface area contributed by atoms with Gasteiger partial charge in [0.05, 0.1) is 25.3 Å². The molecule has 0 aliphatic carbocycles. The fourth-order valence-corrected chi connectivity index (χ4v) is 1.17. The topological polar surface area (TPSA) is 65.6 Å². The van der Waals surface area contributed by atoms with E-state index in [1.807, 2.05) is 19.1 Å². The van der Waals surface area contributed by atoms with Gasteiger partial charge in [0.15, 0.2) is 0 Å². The number of hydrogen-bond donors (Lipinski definition) is 3. The molecule has 15 heavy (non-hydrogen) atoms. The second-order valence-corrected chi connectivity index (χ2v) is 3.95. The maximum absolute atomic E-state index is 9.06. The summed E-state index contributed by atoms with van der Waals surface area (Å²) < 4.78 is 5.49. The number of hydrogen-bond acceptors (Lipinski definition) is 4. The Morgan fingerprint density at radius 2 is 1.87 bits per heavy atom. The molecule has 1 rings (SSSR count). The Morgan fingerprint density at radius 1 is 1.27 bits per heavy atom. The van der Waals surface area contributed by atoms with Gasteiger partial charge in [0, 0.05) is 6.42 Å². The third kappa shape index (κ3) is 3.34. The summed E-state index contributed by atoms with van der Waals surface area (Å²) in [7, 11) is 0. The molecule has 1 aromatic rings. The van der Waals surface area contributed by atoms with Crippen molar-refractivity contribution in [2.45, 2.75) is 32.4 Å². The molecule has 0 unspecified atom stereocenters. The first-order chi connectivity index (χ1) is 7.13. The van der Waals surface area contributed by atoms with Gasteiger partial charge in [-0.3, -0.25) is 0 Å². The molecule has 0 fully saturated rings. The van der Waals surface area contributed by atoms with Crippen molar-refractivity contribution < 1.29 is 14.6 Å². The van der Waals surface area contributed by atoms with Crippen LogP contribution in [0, 0.1) is 0 Å². The molecule has 86 valence electrons. The Labute approximate surface area is 89.9 Å². The predicted octanol–water partition coefficient (Wildman–Crippen LogP) is 0.675. The number of nitrogens with one attached hydrogen (secondary N) is 1. The number of furan rings is 1. The minimum atomic E-state index is -0.654. The second-order valence-electron chi connectivity index (χ2n) is 3.95. The van der Waals surface area contributed by atoms with Crippen molar-refractivity contribution in [2.75, 3.05) is 13.2 Å². The summed E-state index contributed by atoms with van der Waals surface area (Å²) in [4.78, 5) is 0. The van der Waals surface area contributed by atoms with Crippen molar-refractivity contribution in [2.24, 2.45) is 0 Å². The molecule has 4 heteroatoms. The average Bonchev–Trinajstić information content (AvgIpc) is 2.74. The maximum atomic E-state index is 9.06. The molecule has 0 radical (unpaired) electrons. The summed E-state index contributed by atoms with van der Waals surface area (Å²) in [5.41, 5.74) is -0.654. The summed E-state index contributed by atoms with van der Waals surface area (Å²) in [5.74, 6) is 1.77. The number of aliphatic hydroxyl groups excluding tert-OH is 2. The zero-order valence-electron chi connectivity index (χ0n) is 9.29. The van der Waals surface area contributed by atoms with Gasteiger partial charge in [0.25, 0.3) is 0 Å². The van der Waals surface area contributed by atoms with Crippen molar-refractivity contribution in [3.8, 4) is 0 Å². The van der Waals surface area contributed by atoms with E-state index in [-0.39, 0.29) is 13.2 Å². The average molecular weight is 213 g/mol. The van der Waals surface area contributed by atoms with Crippen LogP contribution in [-0.4, -0.2) is 29.0 Å². The van der Waals surface area contributed by atoms with Gasteiger partial charge in [0.2, 0.25) is 0 Å². The SMILES string of the molecule is CCc1ccc(CNC(C)(CO)CO)o1. The highest BCUT2D eigenvalue weighted by molar-refractivity contribution is 5.07. The highest BCUT2D eigenvalue weighted by Gasteiger charge is 2.21. The van der Waals surface area contributed by atoms with Gasteiger partial charge in [0.1, 0.15) is 11.5 Å². The molecule has 0 spiro atoms. The zero-order valence-corrected chi connectivity index (χ0v) is 9.29. The molecule has 1 aromatic heterocycles. The first-order valence-corrected chi connectivity index (χ1v) is 5.18. The van der Waals surface area contributed by atoms with E-state index in [1.54, 1.807) is 6.92 Å². The molecule has 1 heterocycles. The molecule has 4 nitrogen and oxygen atoms in total. The van der Waals surface area contributed by atoms with Crippen molar-refractivity contribution in [1.29, 1.82) is 0 Å². The van der Waals surface area contributed by atoms with E-state index in [9.17, 15) is 0 Å². The number of aliphatic hydroxyl groups is 2. The Kier molecular flexibility index (Phi) is 4.32. The van der Waals surface area contributed by atoms with Crippen LogP contribution in [0.15, 0.2) is 16.5 Å². The molecular weight excluding hydrogens is 194 g/mol. The van der Waals surface area contributed by atoms with E-state index in [0.29, 0.717) is 6.54 Å².